The summed E-state index contributed by atoms with van der Waals surface area (Å²) in [5.74, 6) is 1.83. The summed E-state index contributed by atoms with van der Waals surface area (Å²) in [5.41, 5.74) is 5.24. The molecule has 0 atom stereocenters. The van der Waals surface area contributed by atoms with Gasteiger partial charge in [0, 0.05) is 13.1 Å². The lowest BCUT2D eigenvalue weighted by molar-refractivity contribution is -0.923. The van der Waals surface area contributed by atoms with E-state index in [1.165, 1.54) is 128 Å². The van der Waals surface area contributed by atoms with Crippen LogP contribution in [0.15, 0.2) is 48.5 Å². The molecule has 0 aliphatic carbocycles. The van der Waals surface area contributed by atoms with E-state index in [1.807, 2.05) is 22.7 Å². The first-order valence-electron chi connectivity index (χ1n) is 18.5. The molecule has 0 spiro atoms. The molecular weight excluding hydrogens is 633 g/mol. The predicted octanol–water partition coefficient (Wildman–Crippen LogP) is 10.5. The number of aromatic nitrogens is 2. The predicted molar refractivity (Wildman–Crippen MR) is 211 cm³/mol. The van der Waals surface area contributed by atoms with E-state index in [4.69, 9.17) is 9.47 Å². The Morgan fingerprint density at radius 2 is 0.833 bits per heavy atom. The molecule has 0 radical (unpaired) electrons. The van der Waals surface area contributed by atoms with Gasteiger partial charge in [-0.05, 0) is 116 Å². The molecule has 0 aliphatic rings. The number of hydrogen-bond acceptors (Lipinski definition) is 4. The lowest BCUT2D eigenvalue weighted by atomic mass is 10.2. The molecule has 5 aromatic rings. The third-order valence-corrected chi connectivity index (χ3v) is 13.7. The van der Waals surface area contributed by atoms with E-state index >= 15 is 0 Å². The third-order valence-electron chi connectivity index (χ3n) is 11.5. The van der Waals surface area contributed by atoms with Gasteiger partial charge in [0.25, 0.3) is 0 Å². The highest BCUT2D eigenvalue weighted by molar-refractivity contribution is 7.25. The number of ether oxygens (including phenoxy) is 2. The van der Waals surface area contributed by atoms with Gasteiger partial charge in [0.2, 0.25) is 0 Å². The van der Waals surface area contributed by atoms with Gasteiger partial charge >= 0.3 is 0 Å². The zero-order valence-corrected chi connectivity index (χ0v) is 32.6. The van der Waals surface area contributed by atoms with E-state index in [1.54, 1.807) is 14.2 Å². The van der Waals surface area contributed by atoms with E-state index < -0.39 is 0 Å². The van der Waals surface area contributed by atoms with Crippen LogP contribution < -0.4 is 9.47 Å². The van der Waals surface area contributed by atoms with Crippen LogP contribution in [0.1, 0.15) is 67.2 Å². The van der Waals surface area contributed by atoms with Gasteiger partial charge in [0.1, 0.15) is 11.5 Å². The van der Waals surface area contributed by atoms with E-state index in [0.717, 1.165) is 24.6 Å². The zero-order valence-electron chi connectivity index (χ0n) is 30.9. The first kappa shape index (κ1) is 36.5. The first-order chi connectivity index (χ1) is 23.3. The molecule has 8 heteroatoms. The van der Waals surface area contributed by atoms with Gasteiger partial charge in [-0.15, -0.1) is 22.7 Å². The maximum Gasteiger partial charge on any atom is 0.120 e. The molecule has 0 aliphatic heterocycles. The summed E-state index contributed by atoms with van der Waals surface area (Å²) in [6, 6.07) is 18.1. The number of fused-ring (bicyclic) bond motifs is 4. The Morgan fingerprint density at radius 1 is 0.479 bits per heavy atom. The second-order valence-electron chi connectivity index (χ2n) is 13.4. The van der Waals surface area contributed by atoms with Crippen molar-refractivity contribution in [2.75, 3.05) is 66.6 Å². The normalized spacial score (nSPS) is 12.5. The molecule has 3 aromatic carbocycles. The van der Waals surface area contributed by atoms with Crippen molar-refractivity contribution in [2.45, 2.75) is 80.3 Å². The van der Waals surface area contributed by atoms with Gasteiger partial charge in [0.05, 0.1) is 107 Å². The molecule has 0 fully saturated rings. The van der Waals surface area contributed by atoms with Crippen LogP contribution >= 0.6 is 22.7 Å². The molecular formula is C40H60N4O2S2+2. The van der Waals surface area contributed by atoms with Gasteiger partial charge < -0.3 is 27.6 Å². The molecule has 0 unspecified atom stereocenters. The minimum absolute atomic E-state index is 0.916. The van der Waals surface area contributed by atoms with Crippen LogP contribution in [0, 0.1) is 0 Å². The Hall–Kier alpha value is -2.78. The summed E-state index contributed by atoms with van der Waals surface area (Å²) >= 11 is 3.78. The van der Waals surface area contributed by atoms with E-state index in [9.17, 15) is 0 Å². The number of hydrogen-bond donors (Lipinski definition) is 0. The van der Waals surface area contributed by atoms with Crippen LogP contribution in [0.2, 0.25) is 0 Å². The maximum atomic E-state index is 5.69. The number of methoxy groups -OCH3 is 2. The van der Waals surface area contributed by atoms with Gasteiger partial charge in [-0.1, -0.05) is 0 Å². The van der Waals surface area contributed by atoms with Crippen molar-refractivity contribution in [2.24, 2.45) is 0 Å². The smallest absolute Gasteiger partial charge is 0.120 e. The first-order valence-corrected chi connectivity index (χ1v) is 20.1. The van der Waals surface area contributed by atoms with Crippen molar-refractivity contribution >= 4 is 63.5 Å². The standard InChI is InChI=1S/C40H60N4O2S2/c1-9-43(10-2,11-3)25-17-15-23-41-33-21-19-31(45-7)27-37(33)47-39-30-36-40(29-35(39)41)48-38-28-32(46-8)20-22-34(38)42(36)24-16-18-26-44(12-4,13-5)14-6/h19-22,27-30H,9-18,23-26H2,1-8H3/q+2. The van der Waals surface area contributed by atoms with E-state index in [-0.39, 0.29) is 0 Å². The van der Waals surface area contributed by atoms with Crippen LogP contribution in [0.5, 0.6) is 11.5 Å². The van der Waals surface area contributed by atoms with Gasteiger partial charge in [-0.2, -0.15) is 0 Å². The summed E-state index contributed by atoms with van der Waals surface area (Å²) in [7, 11) is 3.53. The van der Waals surface area contributed by atoms with Crippen LogP contribution in [-0.2, 0) is 13.1 Å². The molecule has 5 rings (SSSR count). The Balaban J connectivity index is 1.61. The summed E-state index contributed by atoms with van der Waals surface area (Å²) in [4.78, 5) is 0. The molecule has 2 heterocycles. The molecule has 2 aromatic heterocycles. The molecule has 0 bridgehead atoms. The quantitative estimate of drug-likeness (QED) is 0.0520. The minimum atomic E-state index is 0.916. The summed E-state index contributed by atoms with van der Waals surface area (Å²) < 4.78 is 24.2. The number of rotatable bonds is 18. The van der Waals surface area contributed by atoms with E-state index in [2.05, 4.69) is 99.2 Å². The maximum absolute atomic E-state index is 5.69. The Morgan fingerprint density at radius 3 is 1.17 bits per heavy atom. The minimum Gasteiger partial charge on any atom is -0.497 e. The molecule has 0 saturated heterocycles. The van der Waals surface area contributed by atoms with Crippen molar-refractivity contribution in [1.29, 1.82) is 0 Å². The van der Waals surface area contributed by atoms with Crippen molar-refractivity contribution in [3.05, 3.63) is 48.5 Å². The van der Waals surface area contributed by atoms with Crippen molar-refractivity contribution in [3.8, 4) is 11.5 Å². The number of benzene rings is 3. The largest absolute Gasteiger partial charge is 0.497 e. The Kier molecular flexibility index (Phi) is 12.4. The summed E-state index contributed by atoms with van der Waals surface area (Å²) in [6.45, 7) is 25.9. The molecule has 0 N–H and O–H groups in total. The topological polar surface area (TPSA) is 28.3 Å². The van der Waals surface area contributed by atoms with Gasteiger partial charge in [-0.25, -0.2) is 0 Å². The Bertz CT molecular complexity index is 1700. The van der Waals surface area contributed by atoms with Crippen molar-refractivity contribution in [1.82, 2.24) is 9.13 Å². The number of quaternary nitrogens is 2. The van der Waals surface area contributed by atoms with Crippen molar-refractivity contribution < 1.29 is 18.4 Å². The fraction of sp³-hybridized carbons (Fsp3) is 0.550. The molecule has 0 amide bonds. The average molecular weight is 693 g/mol. The highest BCUT2D eigenvalue weighted by atomic mass is 32.1. The molecule has 262 valence electrons. The van der Waals surface area contributed by atoms with Crippen LogP contribution in [0.25, 0.3) is 40.9 Å². The van der Waals surface area contributed by atoms with Crippen LogP contribution in [-0.4, -0.2) is 84.7 Å². The van der Waals surface area contributed by atoms with Crippen LogP contribution in [0.4, 0.5) is 0 Å². The van der Waals surface area contributed by atoms with Crippen LogP contribution in [0.3, 0.4) is 0 Å². The molecule has 0 saturated carbocycles. The SMILES string of the molecule is CC[N+](CC)(CC)CCCCn1c2ccc(OC)cc2sc2cc3c(cc21)sc1cc(OC)ccc1n3CCCC[N+](CC)(CC)CC. The highest BCUT2D eigenvalue weighted by Gasteiger charge is 2.21. The second kappa shape index (κ2) is 16.3. The monoisotopic (exact) mass is 692 g/mol. The lowest BCUT2D eigenvalue weighted by Gasteiger charge is -2.36. The van der Waals surface area contributed by atoms with Gasteiger partial charge in [0.15, 0.2) is 0 Å². The summed E-state index contributed by atoms with van der Waals surface area (Å²) in [6.07, 6.45) is 4.79. The lowest BCUT2D eigenvalue weighted by Crippen LogP contribution is -2.48. The second-order valence-corrected chi connectivity index (χ2v) is 15.6. The molecule has 48 heavy (non-hydrogen) atoms. The number of unbranched alkanes of at least 4 members (excludes halogenated alkanes) is 2. The van der Waals surface area contributed by atoms with E-state index in [0.29, 0.717) is 0 Å². The summed E-state index contributed by atoms with van der Waals surface area (Å²) in [5, 5.41) is 0. The molecule has 6 nitrogen and oxygen atoms in total. The van der Waals surface area contributed by atoms with Gasteiger partial charge in [-0.3, -0.25) is 0 Å². The zero-order chi connectivity index (χ0) is 34.3. The highest BCUT2D eigenvalue weighted by Crippen LogP contribution is 2.38. The van der Waals surface area contributed by atoms with Crippen molar-refractivity contribution in [3.63, 3.8) is 0 Å². The number of aryl methyl sites for hydroxylation is 2. The Labute approximate surface area is 297 Å². The average Bonchev–Trinajstić information content (AvgIpc) is 3.13. The fourth-order valence-electron chi connectivity index (χ4n) is 7.68. The third kappa shape index (κ3) is 7.52. The fourth-order valence-corrected chi connectivity index (χ4v) is 9.96. The number of nitrogens with zero attached hydrogens (tertiary/aromatic N) is 4.